The van der Waals surface area contributed by atoms with Crippen LogP contribution in [-0.4, -0.2) is 69.9 Å². The fourth-order valence-electron chi connectivity index (χ4n) is 5.87. The number of fused-ring (bicyclic) bond motifs is 1. The third-order valence-corrected chi connectivity index (χ3v) is 8.53. The number of aliphatic imine (C=N–C) groups is 1. The van der Waals surface area contributed by atoms with E-state index in [4.69, 9.17) is 16.3 Å². The molecule has 2 amide bonds. The molecule has 11 heteroatoms. The van der Waals surface area contributed by atoms with Crippen LogP contribution in [0.2, 0.25) is 5.02 Å². The van der Waals surface area contributed by atoms with Crippen molar-refractivity contribution in [3.05, 3.63) is 87.7 Å². The van der Waals surface area contributed by atoms with Gasteiger partial charge in [-0.1, -0.05) is 59.6 Å². The van der Waals surface area contributed by atoms with Crippen LogP contribution in [0.25, 0.3) is 11.3 Å². The molecular formula is C33H35ClN6O4. The fourth-order valence-corrected chi connectivity index (χ4v) is 6.07. The Labute approximate surface area is 261 Å². The van der Waals surface area contributed by atoms with Crippen molar-refractivity contribution < 1.29 is 19.4 Å². The Hall–Kier alpha value is -4.12. The number of hydrogen-bond acceptors (Lipinski definition) is 8. The number of allylic oxidation sites excluding steroid dienone is 1. The van der Waals surface area contributed by atoms with Crippen LogP contribution in [0, 0.1) is 6.92 Å². The van der Waals surface area contributed by atoms with E-state index in [-0.39, 0.29) is 37.4 Å². The lowest BCUT2D eigenvalue weighted by Gasteiger charge is -2.29. The number of aryl methyl sites for hydroxylation is 1. The summed E-state index contributed by atoms with van der Waals surface area (Å²) in [7, 11) is 0. The Morgan fingerprint density at radius 1 is 1.20 bits per heavy atom. The highest BCUT2D eigenvalue weighted by atomic mass is 35.5. The Bertz CT molecular complexity index is 1620. The molecular weight excluding hydrogens is 580 g/mol. The van der Waals surface area contributed by atoms with E-state index in [0.29, 0.717) is 47.4 Å². The van der Waals surface area contributed by atoms with Crippen molar-refractivity contribution in [2.75, 3.05) is 25.1 Å². The Kier molecular flexibility index (Phi) is 9.02. The molecule has 2 aromatic carbocycles. The van der Waals surface area contributed by atoms with Crippen LogP contribution < -0.4 is 10.6 Å². The molecule has 0 unspecified atom stereocenters. The van der Waals surface area contributed by atoms with Crippen LogP contribution in [0.5, 0.6) is 0 Å². The highest BCUT2D eigenvalue weighted by molar-refractivity contribution is 6.33. The molecule has 0 radical (unpaired) electrons. The monoisotopic (exact) mass is 614 g/mol. The number of rotatable bonds is 10. The minimum atomic E-state index is -0.823. The maximum Gasteiger partial charge on any atom is 0.255 e. The van der Waals surface area contributed by atoms with E-state index in [9.17, 15) is 14.7 Å². The average Bonchev–Trinajstić information content (AvgIpc) is 3.67. The summed E-state index contributed by atoms with van der Waals surface area (Å²) in [6.45, 7) is 3.34. The van der Waals surface area contributed by atoms with Gasteiger partial charge in [0.15, 0.2) is 0 Å². The standard InChI is InChI=1S/C33H35ClN6O4/c1-20-4-2-5-21(14-20)28(19-41)38-31(42)29(16-25-6-3-11-35-25)40-18-23-8-7-22(15-26(23)32(40)43)30-27(34)17-36-33(39-30)37-24-9-12-44-13-10-24/h2,4-8,11,14-15,17,24,28-29,41H,3,9-10,12-13,16,18-19H2,1H3,(H,38,42)(H,36,37,39)/t28-,29-/m1/s1. The zero-order valence-corrected chi connectivity index (χ0v) is 25.3. The van der Waals surface area contributed by atoms with Gasteiger partial charge < -0.3 is 25.4 Å². The number of anilines is 1. The highest BCUT2D eigenvalue weighted by Gasteiger charge is 2.38. The molecule has 1 fully saturated rings. The fraction of sp³-hybridized carbons (Fsp3) is 0.364. The van der Waals surface area contributed by atoms with Gasteiger partial charge in [-0.15, -0.1) is 0 Å². The second kappa shape index (κ2) is 13.3. The largest absolute Gasteiger partial charge is 0.394 e. The second-order valence-corrected chi connectivity index (χ2v) is 11.8. The van der Waals surface area contributed by atoms with Crippen LogP contribution in [-0.2, 0) is 16.1 Å². The summed E-state index contributed by atoms with van der Waals surface area (Å²) in [6.07, 6.45) is 8.00. The topological polar surface area (TPSA) is 129 Å². The Morgan fingerprint density at radius 2 is 2.05 bits per heavy atom. The lowest BCUT2D eigenvalue weighted by Crippen LogP contribution is -2.48. The molecule has 0 spiro atoms. The number of nitrogens with one attached hydrogen (secondary N) is 2. The maximum atomic E-state index is 13.9. The van der Waals surface area contributed by atoms with Crippen molar-refractivity contribution in [2.24, 2.45) is 4.99 Å². The molecule has 4 heterocycles. The molecule has 6 rings (SSSR count). The molecule has 0 saturated carbocycles. The van der Waals surface area contributed by atoms with E-state index < -0.39 is 12.1 Å². The van der Waals surface area contributed by atoms with Crippen molar-refractivity contribution in [2.45, 2.75) is 57.3 Å². The van der Waals surface area contributed by atoms with Crippen LogP contribution in [0.3, 0.4) is 0 Å². The summed E-state index contributed by atoms with van der Waals surface area (Å²) in [5.41, 5.74) is 5.08. The van der Waals surface area contributed by atoms with Gasteiger partial charge in [0.25, 0.3) is 5.91 Å². The van der Waals surface area contributed by atoms with Gasteiger partial charge >= 0.3 is 0 Å². The third-order valence-electron chi connectivity index (χ3n) is 8.25. The van der Waals surface area contributed by atoms with E-state index in [1.165, 1.54) is 0 Å². The van der Waals surface area contributed by atoms with Crippen molar-refractivity contribution >= 4 is 35.6 Å². The Morgan fingerprint density at radius 3 is 2.80 bits per heavy atom. The molecule has 3 aliphatic heterocycles. The molecule has 3 N–H and O–H groups in total. The van der Waals surface area contributed by atoms with Crippen LogP contribution in [0.1, 0.15) is 58.8 Å². The van der Waals surface area contributed by atoms with Gasteiger partial charge in [-0.2, -0.15) is 0 Å². The van der Waals surface area contributed by atoms with Crippen LogP contribution in [0.4, 0.5) is 5.95 Å². The highest BCUT2D eigenvalue weighted by Crippen LogP contribution is 2.34. The summed E-state index contributed by atoms with van der Waals surface area (Å²) in [6, 6.07) is 12.0. The minimum absolute atomic E-state index is 0.215. The summed E-state index contributed by atoms with van der Waals surface area (Å²) < 4.78 is 5.44. The first kappa shape index (κ1) is 29.9. The maximum absolute atomic E-state index is 13.9. The number of aliphatic hydroxyl groups excluding tert-OH is 1. The lowest BCUT2D eigenvalue weighted by atomic mass is 10.0. The summed E-state index contributed by atoms with van der Waals surface area (Å²) in [5.74, 6) is -0.136. The molecule has 0 aliphatic carbocycles. The first-order valence-corrected chi connectivity index (χ1v) is 15.3. The average molecular weight is 615 g/mol. The van der Waals surface area contributed by atoms with Gasteiger partial charge in [0.2, 0.25) is 11.9 Å². The lowest BCUT2D eigenvalue weighted by molar-refractivity contribution is -0.126. The number of carbonyl (C=O) groups is 2. The number of halogens is 1. The number of aromatic nitrogens is 2. The predicted octanol–water partition coefficient (Wildman–Crippen LogP) is 4.62. The normalized spacial score (nSPS) is 17.8. The van der Waals surface area contributed by atoms with Gasteiger partial charge in [0.05, 0.1) is 29.6 Å². The number of nitrogens with zero attached hydrogens (tertiary/aromatic N) is 4. The van der Waals surface area contributed by atoms with Gasteiger partial charge in [0, 0.05) is 61.7 Å². The van der Waals surface area contributed by atoms with E-state index in [1.54, 1.807) is 23.4 Å². The number of aliphatic hydroxyl groups is 1. The summed E-state index contributed by atoms with van der Waals surface area (Å²) in [4.78, 5) is 42.8. The van der Waals surface area contributed by atoms with Gasteiger partial charge in [-0.05, 0) is 37.0 Å². The van der Waals surface area contributed by atoms with Crippen molar-refractivity contribution in [3.63, 3.8) is 0 Å². The summed E-state index contributed by atoms with van der Waals surface area (Å²) >= 11 is 6.54. The smallest absolute Gasteiger partial charge is 0.255 e. The van der Waals surface area contributed by atoms with E-state index in [1.807, 2.05) is 49.4 Å². The molecule has 10 nitrogen and oxygen atoms in total. The third kappa shape index (κ3) is 6.52. The number of hydrogen-bond donors (Lipinski definition) is 3. The number of benzene rings is 2. The Balaban J connectivity index is 1.25. The zero-order chi connectivity index (χ0) is 30.6. The quantitative estimate of drug-likeness (QED) is 0.304. The van der Waals surface area contributed by atoms with Crippen molar-refractivity contribution in [1.29, 1.82) is 0 Å². The van der Waals surface area contributed by atoms with E-state index >= 15 is 0 Å². The minimum Gasteiger partial charge on any atom is -0.394 e. The summed E-state index contributed by atoms with van der Waals surface area (Å²) in [5, 5.41) is 16.9. The molecule has 2 atom stereocenters. The first-order chi connectivity index (χ1) is 21.4. The molecule has 44 heavy (non-hydrogen) atoms. The SMILES string of the molecule is Cc1cccc([C@@H](CO)NC(=O)[C@@H](CC2=CCC=N2)N2Cc3ccc(-c4nc(NC5CCOCC5)ncc4Cl)cc3C2=O)c1. The molecule has 1 saturated heterocycles. The molecule has 1 aromatic heterocycles. The molecule has 0 bridgehead atoms. The first-order valence-electron chi connectivity index (χ1n) is 14.9. The van der Waals surface area contributed by atoms with Gasteiger partial charge in [0.1, 0.15) is 6.04 Å². The number of ether oxygens (including phenoxy) is 1. The number of amides is 2. The van der Waals surface area contributed by atoms with E-state index in [0.717, 1.165) is 35.2 Å². The molecule has 3 aliphatic rings. The zero-order valence-electron chi connectivity index (χ0n) is 24.5. The van der Waals surface area contributed by atoms with Crippen LogP contribution >= 0.6 is 11.6 Å². The van der Waals surface area contributed by atoms with Crippen molar-refractivity contribution in [1.82, 2.24) is 20.2 Å². The van der Waals surface area contributed by atoms with Gasteiger partial charge in [-0.25, -0.2) is 9.97 Å². The van der Waals surface area contributed by atoms with Gasteiger partial charge in [-0.3, -0.25) is 14.6 Å². The van der Waals surface area contributed by atoms with E-state index in [2.05, 4.69) is 25.6 Å². The van der Waals surface area contributed by atoms with Crippen molar-refractivity contribution in [3.8, 4) is 11.3 Å². The number of carbonyl (C=O) groups excluding carboxylic acids is 2. The van der Waals surface area contributed by atoms with Crippen LogP contribution in [0.15, 0.2) is 65.4 Å². The second-order valence-electron chi connectivity index (χ2n) is 11.3. The molecule has 228 valence electrons. The predicted molar refractivity (Wildman–Crippen MR) is 169 cm³/mol. The molecule has 3 aromatic rings.